The quantitative estimate of drug-likeness (QED) is 0.926. The highest BCUT2D eigenvalue weighted by atomic mass is 35.5. The van der Waals surface area contributed by atoms with Crippen LogP contribution in [-0.4, -0.2) is 20.7 Å². The average molecular weight is 288 g/mol. The summed E-state index contributed by atoms with van der Waals surface area (Å²) in [6.07, 6.45) is 6.05. The molecule has 0 saturated heterocycles. The summed E-state index contributed by atoms with van der Waals surface area (Å²) in [7, 11) is -3.23. The Morgan fingerprint density at radius 2 is 2.00 bits per heavy atom. The molecule has 1 aromatic carbocycles. The second kappa shape index (κ2) is 5.59. The van der Waals surface area contributed by atoms with E-state index in [4.69, 9.17) is 11.6 Å². The van der Waals surface area contributed by atoms with Crippen LogP contribution >= 0.6 is 11.6 Å². The average Bonchev–Trinajstić information content (AvgIpc) is 2.78. The van der Waals surface area contributed by atoms with Crippen LogP contribution in [0.2, 0.25) is 5.02 Å². The van der Waals surface area contributed by atoms with Crippen molar-refractivity contribution in [3.8, 4) is 0 Å². The van der Waals surface area contributed by atoms with E-state index in [0.717, 1.165) is 0 Å². The van der Waals surface area contributed by atoms with E-state index in [-0.39, 0.29) is 0 Å². The van der Waals surface area contributed by atoms with E-state index < -0.39 is 9.84 Å². The summed E-state index contributed by atoms with van der Waals surface area (Å²) >= 11 is 6.12. The molecular formula is C13H18ClNO2S. The van der Waals surface area contributed by atoms with Crippen LogP contribution in [-0.2, 0) is 16.4 Å². The standard InChI is InChI=1S/C13H18ClNO2S/c1-18(16,17)13-8-4-7-12(14)11(13)9-15-10-5-2-3-6-10/h4,7-8,10,15H,2-3,5-6,9H2,1H3. The molecule has 0 amide bonds. The minimum atomic E-state index is -3.23. The van der Waals surface area contributed by atoms with Crippen LogP contribution in [0.5, 0.6) is 0 Å². The van der Waals surface area contributed by atoms with E-state index in [0.29, 0.717) is 28.1 Å². The summed E-state index contributed by atoms with van der Waals surface area (Å²) in [5.41, 5.74) is 0.688. The zero-order valence-electron chi connectivity index (χ0n) is 10.4. The Morgan fingerprint density at radius 3 is 2.61 bits per heavy atom. The van der Waals surface area contributed by atoms with Crippen LogP contribution in [0.4, 0.5) is 0 Å². The van der Waals surface area contributed by atoms with E-state index in [1.807, 2.05) is 0 Å². The van der Waals surface area contributed by atoms with Crippen LogP contribution in [0.3, 0.4) is 0 Å². The Kier molecular flexibility index (Phi) is 4.30. The number of sulfone groups is 1. The first-order chi connectivity index (χ1) is 8.48. The van der Waals surface area contributed by atoms with Crippen molar-refractivity contribution < 1.29 is 8.42 Å². The molecule has 0 heterocycles. The third-order valence-electron chi connectivity index (χ3n) is 3.40. The number of hydrogen-bond donors (Lipinski definition) is 1. The maximum absolute atomic E-state index is 11.7. The topological polar surface area (TPSA) is 46.2 Å². The molecule has 1 fully saturated rings. The predicted octanol–water partition coefficient (Wildman–Crippen LogP) is 2.78. The molecular weight excluding hydrogens is 270 g/mol. The number of halogens is 1. The van der Waals surface area contributed by atoms with Crippen molar-refractivity contribution in [1.29, 1.82) is 0 Å². The Labute approximate surface area is 113 Å². The molecule has 0 spiro atoms. The fourth-order valence-corrected chi connectivity index (χ4v) is 3.69. The molecule has 0 atom stereocenters. The molecule has 0 bridgehead atoms. The third-order valence-corrected chi connectivity index (χ3v) is 4.93. The van der Waals surface area contributed by atoms with Gasteiger partial charge >= 0.3 is 0 Å². The molecule has 100 valence electrons. The van der Waals surface area contributed by atoms with Crippen molar-refractivity contribution in [1.82, 2.24) is 5.32 Å². The molecule has 3 nitrogen and oxygen atoms in total. The van der Waals surface area contributed by atoms with Crippen molar-refractivity contribution in [3.05, 3.63) is 28.8 Å². The normalized spacial score (nSPS) is 17.2. The van der Waals surface area contributed by atoms with Crippen LogP contribution in [0.15, 0.2) is 23.1 Å². The lowest BCUT2D eigenvalue weighted by Crippen LogP contribution is -2.26. The number of rotatable bonds is 4. The van der Waals surface area contributed by atoms with Crippen molar-refractivity contribution in [3.63, 3.8) is 0 Å². The summed E-state index contributed by atoms with van der Waals surface area (Å²) in [4.78, 5) is 0.334. The lowest BCUT2D eigenvalue weighted by atomic mass is 10.2. The molecule has 1 aliphatic carbocycles. The maximum atomic E-state index is 11.7. The molecule has 0 unspecified atom stereocenters. The maximum Gasteiger partial charge on any atom is 0.175 e. The van der Waals surface area contributed by atoms with Crippen LogP contribution in [0.25, 0.3) is 0 Å². The minimum Gasteiger partial charge on any atom is -0.310 e. The van der Waals surface area contributed by atoms with Gasteiger partial charge in [-0.3, -0.25) is 0 Å². The SMILES string of the molecule is CS(=O)(=O)c1cccc(Cl)c1CNC1CCCC1. The predicted molar refractivity (Wildman–Crippen MR) is 73.7 cm³/mol. The first-order valence-electron chi connectivity index (χ1n) is 6.19. The molecule has 0 radical (unpaired) electrons. The van der Waals surface area contributed by atoms with Gasteiger partial charge in [-0.25, -0.2) is 8.42 Å². The molecule has 1 saturated carbocycles. The van der Waals surface area contributed by atoms with E-state index in [9.17, 15) is 8.42 Å². The van der Waals surface area contributed by atoms with Gasteiger partial charge in [-0.15, -0.1) is 0 Å². The van der Waals surface area contributed by atoms with Crippen molar-refractivity contribution in [2.45, 2.75) is 43.2 Å². The zero-order chi connectivity index (χ0) is 13.2. The first kappa shape index (κ1) is 13.8. The van der Waals surface area contributed by atoms with E-state index >= 15 is 0 Å². The van der Waals surface area contributed by atoms with Crippen molar-refractivity contribution in [2.75, 3.05) is 6.26 Å². The van der Waals surface area contributed by atoms with Gasteiger partial charge in [0.25, 0.3) is 0 Å². The molecule has 1 aliphatic rings. The Bertz CT molecular complexity index is 522. The summed E-state index contributed by atoms with van der Waals surface area (Å²) in [5, 5.41) is 3.92. The van der Waals surface area contributed by atoms with Crippen LogP contribution in [0, 0.1) is 0 Å². The van der Waals surface area contributed by atoms with Crippen molar-refractivity contribution in [2.24, 2.45) is 0 Å². The molecule has 0 aromatic heterocycles. The lowest BCUT2D eigenvalue weighted by molar-refractivity contribution is 0.520. The number of benzene rings is 1. The third kappa shape index (κ3) is 3.25. The second-order valence-electron chi connectivity index (χ2n) is 4.85. The Balaban J connectivity index is 2.20. The molecule has 18 heavy (non-hydrogen) atoms. The van der Waals surface area contributed by atoms with E-state index in [1.54, 1.807) is 18.2 Å². The highest BCUT2D eigenvalue weighted by Gasteiger charge is 2.18. The van der Waals surface area contributed by atoms with Gasteiger partial charge in [0.05, 0.1) is 4.90 Å². The second-order valence-corrected chi connectivity index (χ2v) is 7.24. The highest BCUT2D eigenvalue weighted by Crippen LogP contribution is 2.25. The Morgan fingerprint density at radius 1 is 1.33 bits per heavy atom. The molecule has 1 N–H and O–H groups in total. The largest absolute Gasteiger partial charge is 0.310 e. The molecule has 2 rings (SSSR count). The van der Waals surface area contributed by atoms with Gasteiger partial charge in [0.2, 0.25) is 0 Å². The lowest BCUT2D eigenvalue weighted by Gasteiger charge is -2.15. The van der Waals surface area contributed by atoms with Gasteiger partial charge < -0.3 is 5.32 Å². The zero-order valence-corrected chi connectivity index (χ0v) is 12.0. The molecule has 0 aliphatic heterocycles. The molecule has 1 aromatic rings. The summed E-state index contributed by atoms with van der Waals surface area (Å²) in [6.45, 7) is 0.521. The van der Waals surface area contributed by atoms with Gasteiger partial charge in [-0.2, -0.15) is 0 Å². The summed E-state index contributed by atoms with van der Waals surface area (Å²) in [6, 6.07) is 5.53. The fourth-order valence-electron chi connectivity index (χ4n) is 2.43. The number of nitrogens with one attached hydrogen (secondary N) is 1. The summed E-state index contributed by atoms with van der Waals surface area (Å²) < 4.78 is 23.4. The highest BCUT2D eigenvalue weighted by molar-refractivity contribution is 7.90. The number of hydrogen-bond acceptors (Lipinski definition) is 3. The van der Waals surface area contributed by atoms with Crippen molar-refractivity contribution >= 4 is 21.4 Å². The van der Waals surface area contributed by atoms with Crippen LogP contribution in [0.1, 0.15) is 31.2 Å². The van der Waals surface area contributed by atoms with Gasteiger partial charge in [0.1, 0.15) is 0 Å². The fraction of sp³-hybridized carbons (Fsp3) is 0.538. The summed E-state index contributed by atoms with van der Waals surface area (Å²) in [5.74, 6) is 0. The van der Waals surface area contributed by atoms with Gasteiger partial charge in [0.15, 0.2) is 9.84 Å². The minimum absolute atomic E-state index is 0.334. The van der Waals surface area contributed by atoms with Crippen LogP contribution < -0.4 is 5.32 Å². The van der Waals surface area contributed by atoms with Gasteiger partial charge in [0, 0.05) is 29.4 Å². The Hall–Kier alpha value is -0.580. The monoisotopic (exact) mass is 287 g/mol. The first-order valence-corrected chi connectivity index (χ1v) is 8.46. The van der Waals surface area contributed by atoms with Gasteiger partial charge in [-0.05, 0) is 25.0 Å². The van der Waals surface area contributed by atoms with E-state index in [1.165, 1.54) is 31.9 Å². The smallest absolute Gasteiger partial charge is 0.175 e. The van der Waals surface area contributed by atoms with Gasteiger partial charge in [-0.1, -0.05) is 30.5 Å². The molecule has 5 heteroatoms. The van der Waals surface area contributed by atoms with E-state index in [2.05, 4.69) is 5.32 Å².